The third kappa shape index (κ3) is 2.65. The first kappa shape index (κ1) is 15.5. The number of ether oxygens (including phenoxy) is 2. The van der Waals surface area contributed by atoms with Crippen molar-refractivity contribution in [3.63, 3.8) is 0 Å². The Morgan fingerprint density at radius 1 is 1.17 bits per heavy atom. The van der Waals surface area contributed by atoms with E-state index in [0.717, 1.165) is 27.2 Å². The maximum atomic E-state index is 6.53. The minimum Gasteiger partial charge on any atom is -0.497 e. The molecule has 1 aliphatic carbocycles. The summed E-state index contributed by atoms with van der Waals surface area (Å²) in [5, 5.41) is 6.06. The SMILES string of the molecule is COc1cc(OC)c(Cl)c(-c2csc3c(NC4CC4)ncnc23)c1. The first-order valence-electron chi connectivity index (χ1n) is 7.62. The molecule has 0 spiro atoms. The molecule has 2 heterocycles. The van der Waals surface area contributed by atoms with Crippen LogP contribution in [0.4, 0.5) is 5.82 Å². The highest BCUT2D eigenvalue weighted by Gasteiger charge is 2.24. The van der Waals surface area contributed by atoms with Crippen LogP contribution >= 0.6 is 22.9 Å². The molecule has 1 fully saturated rings. The Bertz CT molecular complexity index is 908. The van der Waals surface area contributed by atoms with Crippen molar-refractivity contribution in [1.29, 1.82) is 0 Å². The van der Waals surface area contributed by atoms with Crippen LogP contribution in [0.3, 0.4) is 0 Å². The number of nitrogens with one attached hydrogen (secondary N) is 1. The highest BCUT2D eigenvalue weighted by molar-refractivity contribution is 7.18. The van der Waals surface area contributed by atoms with Gasteiger partial charge in [0.2, 0.25) is 0 Å². The van der Waals surface area contributed by atoms with Crippen LogP contribution in [0, 0.1) is 0 Å². The number of benzene rings is 1. The molecule has 0 amide bonds. The number of anilines is 1. The third-order valence-corrected chi connectivity index (χ3v) is 5.40. The van der Waals surface area contributed by atoms with E-state index < -0.39 is 0 Å². The first-order valence-corrected chi connectivity index (χ1v) is 8.87. The second-order valence-electron chi connectivity index (χ2n) is 5.66. The summed E-state index contributed by atoms with van der Waals surface area (Å²) >= 11 is 8.14. The molecule has 1 aliphatic rings. The summed E-state index contributed by atoms with van der Waals surface area (Å²) in [6.07, 6.45) is 3.99. The highest BCUT2D eigenvalue weighted by atomic mass is 35.5. The number of halogens is 1. The summed E-state index contributed by atoms with van der Waals surface area (Å²) in [7, 11) is 3.22. The number of hydrogen-bond donors (Lipinski definition) is 1. The normalized spacial score (nSPS) is 14.0. The van der Waals surface area contributed by atoms with E-state index in [9.17, 15) is 0 Å². The molecule has 7 heteroatoms. The third-order valence-electron chi connectivity index (χ3n) is 4.03. The number of thiophene rings is 1. The predicted molar refractivity (Wildman–Crippen MR) is 97.6 cm³/mol. The smallest absolute Gasteiger partial charge is 0.147 e. The fourth-order valence-electron chi connectivity index (χ4n) is 2.60. The molecule has 24 heavy (non-hydrogen) atoms. The molecule has 4 rings (SSSR count). The van der Waals surface area contributed by atoms with Crippen molar-refractivity contribution >= 4 is 39.0 Å². The molecule has 1 aromatic carbocycles. The quantitative estimate of drug-likeness (QED) is 0.719. The average Bonchev–Trinajstić information content (AvgIpc) is 3.31. The van der Waals surface area contributed by atoms with Crippen molar-refractivity contribution < 1.29 is 9.47 Å². The molecule has 3 aromatic rings. The standard InChI is InChI=1S/C17H16ClN3O2S/c1-22-10-5-11(14(18)13(6-10)23-2)12-7-24-16-15(12)19-8-20-17(16)21-9-3-4-9/h5-9H,3-4H2,1-2H3,(H,19,20,21). The minimum absolute atomic E-state index is 0.536. The number of hydrogen-bond acceptors (Lipinski definition) is 6. The largest absolute Gasteiger partial charge is 0.497 e. The molecule has 0 saturated heterocycles. The molecule has 0 bridgehead atoms. The van der Waals surface area contributed by atoms with Crippen LogP contribution in [-0.2, 0) is 0 Å². The van der Waals surface area contributed by atoms with Crippen LogP contribution in [0.15, 0.2) is 23.8 Å². The highest BCUT2D eigenvalue weighted by Crippen LogP contribution is 2.44. The number of aromatic nitrogens is 2. The van der Waals surface area contributed by atoms with Crippen molar-refractivity contribution in [2.45, 2.75) is 18.9 Å². The van der Waals surface area contributed by atoms with E-state index in [1.165, 1.54) is 12.8 Å². The van der Waals surface area contributed by atoms with Crippen LogP contribution in [0.2, 0.25) is 5.02 Å². The molecule has 0 aliphatic heterocycles. The Hall–Kier alpha value is -2.05. The number of rotatable bonds is 5. The second kappa shape index (κ2) is 6.11. The van der Waals surface area contributed by atoms with Gasteiger partial charge in [-0.1, -0.05) is 11.6 Å². The van der Waals surface area contributed by atoms with Crippen LogP contribution in [0.1, 0.15) is 12.8 Å². The van der Waals surface area contributed by atoms with Gasteiger partial charge in [0, 0.05) is 28.6 Å². The van der Waals surface area contributed by atoms with E-state index in [-0.39, 0.29) is 0 Å². The molecule has 1 saturated carbocycles. The first-order chi connectivity index (χ1) is 11.7. The van der Waals surface area contributed by atoms with E-state index in [4.69, 9.17) is 21.1 Å². The van der Waals surface area contributed by atoms with Crippen LogP contribution in [-0.4, -0.2) is 30.2 Å². The zero-order valence-corrected chi connectivity index (χ0v) is 14.9. The molecule has 5 nitrogen and oxygen atoms in total. The van der Waals surface area contributed by atoms with Gasteiger partial charge in [0.25, 0.3) is 0 Å². The van der Waals surface area contributed by atoms with Gasteiger partial charge in [-0.05, 0) is 18.9 Å². The van der Waals surface area contributed by atoms with Gasteiger partial charge in [-0.3, -0.25) is 0 Å². The number of nitrogens with zero attached hydrogens (tertiary/aromatic N) is 2. The van der Waals surface area contributed by atoms with E-state index >= 15 is 0 Å². The van der Waals surface area contributed by atoms with E-state index in [2.05, 4.69) is 20.7 Å². The molecule has 124 valence electrons. The maximum Gasteiger partial charge on any atom is 0.147 e. The van der Waals surface area contributed by atoms with Crippen LogP contribution in [0.25, 0.3) is 21.3 Å². The van der Waals surface area contributed by atoms with Gasteiger partial charge in [0.05, 0.1) is 29.5 Å². The Labute approximate surface area is 148 Å². The average molecular weight is 362 g/mol. The number of fused-ring (bicyclic) bond motifs is 1. The van der Waals surface area contributed by atoms with E-state index in [1.54, 1.807) is 38.0 Å². The van der Waals surface area contributed by atoms with Gasteiger partial charge in [-0.25, -0.2) is 9.97 Å². The molecule has 0 unspecified atom stereocenters. The lowest BCUT2D eigenvalue weighted by Crippen LogP contribution is -2.03. The fraction of sp³-hybridized carbons (Fsp3) is 0.294. The molecule has 0 radical (unpaired) electrons. The van der Waals surface area contributed by atoms with Crippen molar-refractivity contribution in [3.8, 4) is 22.6 Å². The Morgan fingerprint density at radius 2 is 2.00 bits per heavy atom. The van der Waals surface area contributed by atoms with Crippen molar-refractivity contribution in [3.05, 3.63) is 28.9 Å². The Balaban J connectivity index is 1.87. The second-order valence-corrected chi connectivity index (χ2v) is 6.92. The summed E-state index contributed by atoms with van der Waals surface area (Å²) in [6, 6.07) is 4.21. The van der Waals surface area contributed by atoms with Gasteiger partial charge < -0.3 is 14.8 Å². The maximum absolute atomic E-state index is 6.53. The van der Waals surface area contributed by atoms with Gasteiger partial charge in [0.1, 0.15) is 23.6 Å². The monoisotopic (exact) mass is 361 g/mol. The summed E-state index contributed by atoms with van der Waals surface area (Å²) in [4.78, 5) is 8.87. The lowest BCUT2D eigenvalue weighted by atomic mass is 10.1. The molecule has 1 N–H and O–H groups in total. The van der Waals surface area contributed by atoms with Crippen molar-refractivity contribution in [2.75, 3.05) is 19.5 Å². The molecular formula is C17H16ClN3O2S. The predicted octanol–water partition coefficient (Wildman–Crippen LogP) is 4.60. The zero-order chi connectivity index (χ0) is 16.7. The molecular weight excluding hydrogens is 346 g/mol. The Morgan fingerprint density at radius 3 is 2.71 bits per heavy atom. The van der Waals surface area contributed by atoms with Crippen LogP contribution < -0.4 is 14.8 Å². The lowest BCUT2D eigenvalue weighted by Gasteiger charge is -2.11. The van der Waals surface area contributed by atoms with Gasteiger partial charge in [-0.2, -0.15) is 0 Å². The fourth-order valence-corrected chi connectivity index (χ4v) is 3.86. The lowest BCUT2D eigenvalue weighted by molar-refractivity contribution is 0.395. The minimum atomic E-state index is 0.536. The molecule has 2 aromatic heterocycles. The topological polar surface area (TPSA) is 56.3 Å². The summed E-state index contributed by atoms with van der Waals surface area (Å²) in [5.41, 5.74) is 2.68. The Kier molecular flexibility index (Phi) is 3.94. The van der Waals surface area contributed by atoms with E-state index in [1.807, 2.05) is 6.07 Å². The van der Waals surface area contributed by atoms with Gasteiger partial charge in [-0.15, -0.1) is 11.3 Å². The van der Waals surface area contributed by atoms with E-state index in [0.29, 0.717) is 22.6 Å². The van der Waals surface area contributed by atoms with Crippen molar-refractivity contribution in [1.82, 2.24) is 9.97 Å². The summed E-state index contributed by atoms with van der Waals surface area (Å²) < 4.78 is 11.8. The number of methoxy groups -OCH3 is 2. The summed E-state index contributed by atoms with van der Waals surface area (Å²) in [6.45, 7) is 0. The van der Waals surface area contributed by atoms with Crippen molar-refractivity contribution in [2.24, 2.45) is 0 Å². The molecule has 0 atom stereocenters. The van der Waals surface area contributed by atoms with Crippen LogP contribution in [0.5, 0.6) is 11.5 Å². The van der Waals surface area contributed by atoms with Gasteiger partial charge >= 0.3 is 0 Å². The zero-order valence-electron chi connectivity index (χ0n) is 13.3. The van der Waals surface area contributed by atoms with Gasteiger partial charge in [0.15, 0.2) is 0 Å². The summed E-state index contributed by atoms with van der Waals surface area (Å²) in [5.74, 6) is 2.16.